The number of ether oxygens (including phenoxy) is 1. The number of aliphatic hydroxyl groups is 2. The van der Waals surface area contributed by atoms with Crippen LogP contribution in [0.1, 0.15) is 53.0 Å². The predicted octanol–water partition coefficient (Wildman–Crippen LogP) is 4.50. The van der Waals surface area contributed by atoms with E-state index in [1.54, 1.807) is 0 Å². The summed E-state index contributed by atoms with van der Waals surface area (Å²) in [4.78, 5) is 30.6. The van der Waals surface area contributed by atoms with E-state index in [1.165, 1.54) is 20.8 Å². The van der Waals surface area contributed by atoms with Gasteiger partial charge >= 0.3 is 12.4 Å². The lowest BCUT2D eigenvalue weighted by Crippen LogP contribution is -2.53. The molecule has 2 aromatic rings. The molecule has 1 aromatic heterocycles. The van der Waals surface area contributed by atoms with Crippen molar-refractivity contribution in [2.24, 2.45) is 0 Å². The third kappa shape index (κ3) is 6.40. The van der Waals surface area contributed by atoms with Crippen LogP contribution in [-0.2, 0) is 5.60 Å². The number of amides is 2. The Morgan fingerprint density at radius 1 is 1.15 bits per heavy atom. The lowest BCUT2D eigenvalue weighted by Gasteiger charge is -2.33. The zero-order valence-electron chi connectivity index (χ0n) is 21.9. The third-order valence-corrected chi connectivity index (χ3v) is 7.27. The number of methoxy groups -OCH3 is 1. The van der Waals surface area contributed by atoms with E-state index in [0.29, 0.717) is 23.5 Å². The van der Waals surface area contributed by atoms with Gasteiger partial charge in [-0.15, -0.1) is 11.3 Å². The first-order chi connectivity index (χ1) is 18.5. The molecule has 0 bridgehead atoms. The SMILES string of the molecule is COc1cc(C(O)(C(F)(F)F)C(F)(F)F)ccc1-c1sc(C(=O)NCC(C)(C)O)nc1C(=O)N1CC(F)(F)CC1C. The predicted molar refractivity (Wildman–Crippen MR) is 129 cm³/mol. The van der Waals surface area contributed by atoms with Crippen molar-refractivity contribution in [2.45, 2.75) is 62.7 Å². The second kappa shape index (κ2) is 10.7. The van der Waals surface area contributed by atoms with Crippen LogP contribution in [0.3, 0.4) is 0 Å². The first kappa shape index (κ1) is 32.5. The van der Waals surface area contributed by atoms with Crippen molar-refractivity contribution in [2.75, 3.05) is 20.2 Å². The number of likely N-dealkylation sites (tertiary alicyclic amines) is 1. The van der Waals surface area contributed by atoms with Crippen LogP contribution in [0.4, 0.5) is 35.1 Å². The number of alkyl halides is 8. The average Bonchev–Trinajstić information content (AvgIpc) is 3.39. The standard InChI is InChI=1S/C24H25F8N3O5S/c1-11-8-21(25,26)10-35(11)19(37)15-16(41-18(34-15)17(36)33-9-20(2,3)38)13-6-5-12(7-14(13)40-4)22(39,23(27,28)29)24(30,31)32/h5-7,11,38-39H,8-10H2,1-4H3,(H,33,36). The smallest absolute Gasteiger partial charge is 0.430 e. The van der Waals surface area contributed by atoms with Crippen molar-refractivity contribution in [3.8, 4) is 16.2 Å². The lowest BCUT2D eigenvalue weighted by molar-refractivity contribution is -0.376. The number of thiazole rings is 1. The number of benzene rings is 1. The Morgan fingerprint density at radius 3 is 2.20 bits per heavy atom. The molecule has 1 atom stereocenters. The van der Waals surface area contributed by atoms with Crippen molar-refractivity contribution in [1.82, 2.24) is 15.2 Å². The van der Waals surface area contributed by atoms with E-state index in [-0.39, 0.29) is 23.1 Å². The van der Waals surface area contributed by atoms with Gasteiger partial charge in [0.05, 0.1) is 24.1 Å². The van der Waals surface area contributed by atoms with Crippen LogP contribution >= 0.6 is 11.3 Å². The highest BCUT2D eigenvalue weighted by Gasteiger charge is 2.71. The molecule has 1 aliphatic rings. The summed E-state index contributed by atoms with van der Waals surface area (Å²) in [5.74, 6) is -5.89. The fourth-order valence-electron chi connectivity index (χ4n) is 4.13. The van der Waals surface area contributed by atoms with Gasteiger partial charge in [0.15, 0.2) is 5.01 Å². The number of hydrogen-bond donors (Lipinski definition) is 3. The second-order valence-electron chi connectivity index (χ2n) is 10.2. The summed E-state index contributed by atoms with van der Waals surface area (Å²) in [7, 11) is 0.894. The van der Waals surface area contributed by atoms with E-state index in [0.717, 1.165) is 12.0 Å². The van der Waals surface area contributed by atoms with E-state index in [1.807, 2.05) is 0 Å². The third-order valence-electron chi connectivity index (χ3n) is 6.18. The van der Waals surface area contributed by atoms with E-state index in [4.69, 9.17) is 4.74 Å². The minimum atomic E-state index is -6.19. The van der Waals surface area contributed by atoms with Crippen LogP contribution in [0.25, 0.3) is 10.4 Å². The van der Waals surface area contributed by atoms with Crippen LogP contribution in [0.15, 0.2) is 18.2 Å². The van der Waals surface area contributed by atoms with Crippen LogP contribution in [0, 0.1) is 0 Å². The molecule has 0 spiro atoms. The summed E-state index contributed by atoms with van der Waals surface area (Å²) < 4.78 is 114. The van der Waals surface area contributed by atoms with Gasteiger partial charge in [0, 0.05) is 30.1 Å². The van der Waals surface area contributed by atoms with Crippen molar-refractivity contribution in [3.63, 3.8) is 0 Å². The second-order valence-corrected chi connectivity index (χ2v) is 11.2. The lowest BCUT2D eigenvalue weighted by atomic mass is 9.90. The summed E-state index contributed by atoms with van der Waals surface area (Å²) in [6.45, 7) is 2.82. The number of aromatic nitrogens is 1. The van der Waals surface area contributed by atoms with Crippen molar-refractivity contribution in [3.05, 3.63) is 34.5 Å². The molecule has 3 rings (SSSR count). The number of nitrogens with zero attached hydrogens (tertiary/aromatic N) is 2. The monoisotopic (exact) mass is 619 g/mol. The molecule has 1 saturated heterocycles. The maximum absolute atomic E-state index is 14.0. The van der Waals surface area contributed by atoms with Gasteiger partial charge in [0.25, 0.3) is 23.3 Å². The van der Waals surface area contributed by atoms with E-state index >= 15 is 0 Å². The number of nitrogens with one attached hydrogen (secondary N) is 1. The Balaban J connectivity index is 2.19. The average molecular weight is 620 g/mol. The normalized spacial score (nSPS) is 18.0. The molecule has 1 fully saturated rings. The first-order valence-electron chi connectivity index (χ1n) is 11.8. The van der Waals surface area contributed by atoms with E-state index in [9.17, 15) is 54.9 Å². The summed E-state index contributed by atoms with van der Waals surface area (Å²) >= 11 is 0.487. The van der Waals surface area contributed by atoms with Crippen LogP contribution < -0.4 is 10.1 Å². The molecule has 1 unspecified atom stereocenters. The Hall–Kier alpha value is -3.05. The molecule has 0 saturated carbocycles. The Bertz CT molecular complexity index is 1310. The highest BCUT2D eigenvalue weighted by Crippen LogP contribution is 2.51. The van der Waals surface area contributed by atoms with Gasteiger partial charge in [-0.1, -0.05) is 6.07 Å². The molecular formula is C24H25F8N3O5S. The van der Waals surface area contributed by atoms with Crippen LogP contribution in [-0.4, -0.2) is 82.0 Å². The fraction of sp³-hybridized carbons (Fsp3) is 0.542. The summed E-state index contributed by atoms with van der Waals surface area (Å²) in [5, 5.41) is 21.6. The number of rotatable bonds is 7. The van der Waals surface area contributed by atoms with Gasteiger partial charge in [-0.2, -0.15) is 26.3 Å². The largest absolute Gasteiger partial charge is 0.496 e. The maximum atomic E-state index is 14.0. The molecule has 2 amide bonds. The van der Waals surface area contributed by atoms with Gasteiger partial charge in [-0.3, -0.25) is 9.59 Å². The highest BCUT2D eigenvalue weighted by molar-refractivity contribution is 7.17. The zero-order chi connectivity index (χ0) is 31.3. The molecule has 3 N–H and O–H groups in total. The van der Waals surface area contributed by atoms with Gasteiger partial charge in [0.2, 0.25) is 0 Å². The van der Waals surface area contributed by atoms with Crippen molar-refractivity contribution >= 4 is 23.2 Å². The Morgan fingerprint density at radius 2 is 1.73 bits per heavy atom. The maximum Gasteiger partial charge on any atom is 0.430 e. The van der Waals surface area contributed by atoms with Gasteiger partial charge in [-0.25, -0.2) is 13.8 Å². The molecule has 0 aliphatic carbocycles. The highest BCUT2D eigenvalue weighted by atomic mass is 32.1. The number of hydrogen-bond acceptors (Lipinski definition) is 7. The quantitative estimate of drug-likeness (QED) is 0.394. The molecule has 228 valence electrons. The van der Waals surface area contributed by atoms with Crippen molar-refractivity contribution in [1.29, 1.82) is 0 Å². The van der Waals surface area contributed by atoms with Gasteiger partial charge in [-0.05, 0) is 32.9 Å². The molecule has 17 heteroatoms. The van der Waals surface area contributed by atoms with E-state index in [2.05, 4.69) is 10.3 Å². The molecule has 0 radical (unpaired) electrons. The van der Waals surface area contributed by atoms with E-state index < -0.39 is 82.3 Å². The first-order valence-corrected chi connectivity index (χ1v) is 12.6. The molecule has 8 nitrogen and oxygen atoms in total. The number of carbonyl (C=O) groups is 2. The van der Waals surface area contributed by atoms with Crippen molar-refractivity contribution < 1.29 is 59.7 Å². The molecular weight excluding hydrogens is 594 g/mol. The van der Waals surface area contributed by atoms with Crippen LogP contribution in [0.2, 0.25) is 0 Å². The molecule has 1 aliphatic heterocycles. The van der Waals surface area contributed by atoms with Gasteiger partial charge in [0.1, 0.15) is 11.4 Å². The Labute approximate surface area is 231 Å². The molecule has 1 aromatic carbocycles. The summed E-state index contributed by atoms with van der Waals surface area (Å²) in [5.41, 5.74) is -9.18. The number of halogens is 8. The summed E-state index contributed by atoms with van der Waals surface area (Å²) in [6, 6.07) is 0.303. The molecule has 2 heterocycles. The fourth-order valence-corrected chi connectivity index (χ4v) is 5.13. The minimum absolute atomic E-state index is 0.269. The topological polar surface area (TPSA) is 112 Å². The summed E-state index contributed by atoms with van der Waals surface area (Å²) in [6.07, 6.45) is -13.1. The van der Waals surface area contributed by atoms with Gasteiger partial charge < -0.3 is 25.2 Å². The van der Waals surface area contributed by atoms with Crippen LogP contribution in [0.5, 0.6) is 5.75 Å². The molecule has 41 heavy (non-hydrogen) atoms. The zero-order valence-corrected chi connectivity index (χ0v) is 22.7. The Kier molecular flexibility index (Phi) is 8.44. The number of carbonyl (C=O) groups excluding carboxylic acids is 2. The minimum Gasteiger partial charge on any atom is -0.496 e.